The molecule has 0 atom stereocenters. The SMILES string of the molecule is CN(Cc1ccc2c(c1)OCCO2)C(=O)c1ccc([N+](=O)[O-])cc1. The fourth-order valence-corrected chi connectivity index (χ4v) is 2.48. The van der Waals surface area contributed by atoms with Gasteiger partial charge in [-0.25, -0.2) is 0 Å². The molecule has 3 rings (SSSR count). The van der Waals surface area contributed by atoms with Crippen molar-refractivity contribution in [2.75, 3.05) is 20.3 Å². The van der Waals surface area contributed by atoms with Crippen LogP contribution in [0.25, 0.3) is 0 Å². The predicted octanol–water partition coefficient (Wildman–Crippen LogP) is 2.64. The van der Waals surface area contributed by atoms with Gasteiger partial charge in [0, 0.05) is 31.3 Å². The van der Waals surface area contributed by atoms with Crippen LogP contribution in [-0.4, -0.2) is 36.0 Å². The first-order chi connectivity index (χ1) is 11.5. The van der Waals surface area contributed by atoms with Crippen molar-refractivity contribution in [2.24, 2.45) is 0 Å². The molecule has 0 saturated heterocycles. The fourth-order valence-electron chi connectivity index (χ4n) is 2.48. The van der Waals surface area contributed by atoms with Gasteiger partial charge >= 0.3 is 0 Å². The summed E-state index contributed by atoms with van der Waals surface area (Å²) in [6.45, 7) is 1.44. The second-order valence-electron chi connectivity index (χ2n) is 5.44. The van der Waals surface area contributed by atoms with Crippen LogP contribution in [0, 0.1) is 10.1 Å². The maximum Gasteiger partial charge on any atom is 0.269 e. The summed E-state index contributed by atoms with van der Waals surface area (Å²) >= 11 is 0. The van der Waals surface area contributed by atoms with Crippen LogP contribution in [0.15, 0.2) is 42.5 Å². The Morgan fingerprint density at radius 2 is 1.79 bits per heavy atom. The second-order valence-corrected chi connectivity index (χ2v) is 5.44. The lowest BCUT2D eigenvalue weighted by atomic mass is 10.1. The molecular weight excluding hydrogens is 312 g/mol. The number of hydrogen-bond acceptors (Lipinski definition) is 5. The van der Waals surface area contributed by atoms with Crippen molar-refractivity contribution in [3.63, 3.8) is 0 Å². The normalized spacial score (nSPS) is 12.5. The molecule has 2 aromatic rings. The van der Waals surface area contributed by atoms with E-state index in [1.807, 2.05) is 18.2 Å². The van der Waals surface area contributed by atoms with E-state index in [9.17, 15) is 14.9 Å². The summed E-state index contributed by atoms with van der Waals surface area (Å²) in [5.74, 6) is 1.17. The van der Waals surface area contributed by atoms with Gasteiger partial charge in [0.15, 0.2) is 11.5 Å². The molecule has 0 saturated carbocycles. The van der Waals surface area contributed by atoms with Crippen LogP contribution in [0.4, 0.5) is 5.69 Å². The molecular formula is C17H16N2O5. The molecule has 2 aromatic carbocycles. The number of carbonyl (C=O) groups is 1. The Hall–Kier alpha value is -3.09. The van der Waals surface area contributed by atoms with Gasteiger partial charge in [0.05, 0.1) is 4.92 Å². The summed E-state index contributed by atoms with van der Waals surface area (Å²) < 4.78 is 11.0. The summed E-state index contributed by atoms with van der Waals surface area (Å²) in [6.07, 6.45) is 0. The number of fused-ring (bicyclic) bond motifs is 1. The Kier molecular flexibility index (Phi) is 4.33. The van der Waals surface area contributed by atoms with Gasteiger partial charge in [-0.05, 0) is 29.8 Å². The molecule has 0 aliphatic carbocycles. The van der Waals surface area contributed by atoms with Crippen molar-refractivity contribution < 1.29 is 19.2 Å². The van der Waals surface area contributed by atoms with Crippen LogP contribution >= 0.6 is 0 Å². The summed E-state index contributed by atoms with van der Waals surface area (Å²) in [4.78, 5) is 24.1. The lowest BCUT2D eigenvalue weighted by molar-refractivity contribution is -0.384. The first kappa shape index (κ1) is 15.8. The van der Waals surface area contributed by atoms with Crippen molar-refractivity contribution in [1.29, 1.82) is 0 Å². The van der Waals surface area contributed by atoms with Crippen LogP contribution in [0.2, 0.25) is 0 Å². The van der Waals surface area contributed by atoms with E-state index in [2.05, 4.69) is 0 Å². The molecule has 0 unspecified atom stereocenters. The van der Waals surface area contributed by atoms with Gasteiger partial charge in [-0.1, -0.05) is 6.07 Å². The highest BCUT2D eigenvalue weighted by Crippen LogP contribution is 2.31. The molecule has 124 valence electrons. The molecule has 0 fully saturated rings. The van der Waals surface area contributed by atoms with Crippen LogP contribution in [-0.2, 0) is 6.54 Å². The zero-order valence-corrected chi connectivity index (χ0v) is 13.1. The summed E-state index contributed by atoms with van der Waals surface area (Å²) in [5, 5.41) is 10.7. The Morgan fingerprint density at radius 1 is 1.12 bits per heavy atom. The molecule has 7 heteroatoms. The largest absolute Gasteiger partial charge is 0.486 e. The molecule has 0 radical (unpaired) electrons. The summed E-state index contributed by atoms with van der Waals surface area (Å²) in [7, 11) is 1.68. The van der Waals surface area contributed by atoms with E-state index < -0.39 is 4.92 Å². The molecule has 24 heavy (non-hydrogen) atoms. The molecule has 0 N–H and O–H groups in total. The predicted molar refractivity (Wildman–Crippen MR) is 86.3 cm³/mol. The minimum atomic E-state index is -0.493. The average molecular weight is 328 g/mol. The highest BCUT2D eigenvalue weighted by Gasteiger charge is 2.16. The van der Waals surface area contributed by atoms with E-state index in [4.69, 9.17) is 9.47 Å². The monoisotopic (exact) mass is 328 g/mol. The van der Waals surface area contributed by atoms with Gasteiger partial charge < -0.3 is 14.4 Å². The summed E-state index contributed by atoms with van der Waals surface area (Å²) in [5.41, 5.74) is 1.28. The van der Waals surface area contributed by atoms with Gasteiger partial charge in [-0.3, -0.25) is 14.9 Å². The smallest absolute Gasteiger partial charge is 0.269 e. The molecule has 1 aliphatic rings. The van der Waals surface area contributed by atoms with E-state index in [0.29, 0.717) is 36.8 Å². The minimum absolute atomic E-state index is 0.0407. The Balaban J connectivity index is 1.70. The zero-order chi connectivity index (χ0) is 17.1. The van der Waals surface area contributed by atoms with Crippen LogP contribution < -0.4 is 9.47 Å². The first-order valence-electron chi connectivity index (χ1n) is 7.43. The third-order valence-corrected chi connectivity index (χ3v) is 3.70. The number of nitrogens with zero attached hydrogens (tertiary/aromatic N) is 2. The molecule has 1 heterocycles. The van der Waals surface area contributed by atoms with Gasteiger partial charge in [0.25, 0.3) is 11.6 Å². The van der Waals surface area contributed by atoms with Crippen molar-refractivity contribution in [3.8, 4) is 11.5 Å². The molecule has 7 nitrogen and oxygen atoms in total. The lowest BCUT2D eigenvalue weighted by Crippen LogP contribution is -2.26. The van der Waals surface area contributed by atoms with E-state index in [1.165, 1.54) is 24.3 Å². The van der Waals surface area contributed by atoms with E-state index in [1.54, 1.807) is 11.9 Å². The van der Waals surface area contributed by atoms with Gasteiger partial charge in [0.1, 0.15) is 13.2 Å². The average Bonchev–Trinajstić information content (AvgIpc) is 2.61. The van der Waals surface area contributed by atoms with Gasteiger partial charge in [-0.15, -0.1) is 0 Å². The van der Waals surface area contributed by atoms with E-state index in [0.717, 1.165) is 5.56 Å². The molecule has 0 aromatic heterocycles. The maximum atomic E-state index is 12.4. The van der Waals surface area contributed by atoms with Crippen LogP contribution in [0.3, 0.4) is 0 Å². The molecule has 1 aliphatic heterocycles. The standard InChI is InChI=1S/C17H16N2O5/c1-18(17(20)13-3-5-14(6-4-13)19(21)22)11-12-2-7-15-16(10-12)24-9-8-23-15/h2-7,10H,8-9,11H2,1H3. The van der Waals surface area contributed by atoms with Gasteiger partial charge in [-0.2, -0.15) is 0 Å². The Labute approximate surface area is 138 Å². The number of ether oxygens (including phenoxy) is 2. The number of hydrogen-bond donors (Lipinski definition) is 0. The number of nitro benzene ring substituents is 1. The number of rotatable bonds is 4. The third kappa shape index (κ3) is 3.29. The number of non-ortho nitro benzene ring substituents is 1. The van der Waals surface area contributed by atoms with Crippen molar-refractivity contribution in [1.82, 2.24) is 4.90 Å². The highest BCUT2D eigenvalue weighted by molar-refractivity contribution is 5.94. The molecule has 0 spiro atoms. The lowest BCUT2D eigenvalue weighted by Gasteiger charge is -2.21. The number of amides is 1. The van der Waals surface area contributed by atoms with E-state index in [-0.39, 0.29) is 11.6 Å². The molecule has 1 amide bonds. The van der Waals surface area contributed by atoms with Crippen LogP contribution in [0.1, 0.15) is 15.9 Å². The van der Waals surface area contributed by atoms with Crippen LogP contribution in [0.5, 0.6) is 11.5 Å². The zero-order valence-electron chi connectivity index (χ0n) is 13.1. The number of benzene rings is 2. The Bertz CT molecular complexity index is 773. The maximum absolute atomic E-state index is 12.4. The van der Waals surface area contributed by atoms with Crippen molar-refractivity contribution in [2.45, 2.75) is 6.54 Å². The quantitative estimate of drug-likeness (QED) is 0.636. The van der Waals surface area contributed by atoms with Crippen molar-refractivity contribution >= 4 is 11.6 Å². The third-order valence-electron chi connectivity index (χ3n) is 3.70. The van der Waals surface area contributed by atoms with Gasteiger partial charge in [0.2, 0.25) is 0 Å². The van der Waals surface area contributed by atoms with Crippen molar-refractivity contribution in [3.05, 3.63) is 63.7 Å². The minimum Gasteiger partial charge on any atom is -0.486 e. The molecule has 0 bridgehead atoms. The first-order valence-corrected chi connectivity index (χ1v) is 7.43. The second kappa shape index (κ2) is 6.57. The van der Waals surface area contributed by atoms with E-state index >= 15 is 0 Å². The number of carbonyl (C=O) groups excluding carboxylic acids is 1. The summed E-state index contributed by atoms with van der Waals surface area (Å²) in [6, 6.07) is 11.1. The highest BCUT2D eigenvalue weighted by atomic mass is 16.6. The fraction of sp³-hybridized carbons (Fsp3) is 0.235. The number of nitro groups is 1. The Morgan fingerprint density at radius 3 is 2.46 bits per heavy atom. The topological polar surface area (TPSA) is 81.9 Å².